The lowest BCUT2D eigenvalue weighted by molar-refractivity contribution is 1.18. The SMILES string of the molecule is c1ccc(-c2ccccc2-c2ccccc2-c2ccccc2N(c2ccc(-c3cc4ccccc4c4ccccc34)cc2)c2cccc(-c3ccc4c(c3)c3ccccc3n4-c3ccccc3)c2)cc1. The van der Waals surface area contributed by atoms with Gasteiger partial charge in [0, 0.05) is 33.4 Å². The second-order valence-electron chi connectivity index (χ2n) is 18.0. The summed E-state index contributed by atoms with van der Waals surface area (Å²) in [5, 5.41) is 7.50. The van der Waals surface area contributed by atoms with E-state index >= 15 is 0 Å². The molecule has 0 aliphatic carbocycles. The molecule has 1 aromatic heterocycles. The Kier molecular flexibility index (Phi) is 10.2. The molecule has 1 heterocycles. The maximum Gasteiger partial charge on any atom is 0.0541 e. The van der Waals surface area contributed by atoms with Gasteiger partial charge in [-0.2, -0.15) is 0 Å². The Morgan fingerprint density at radius 1 is 0.243 bits per heavy atom. The van der Waals surface area contributed by atoms with Crippen LogP contribution in [0.25, 0.3) is 105 Å². The van der Waals surface area contributed by atoms with E-state index in [9.17, 15) is 0 Å². The molecule has 70 heavy (non-hydrogen) atoms. The van der Waals surface area contributed by atoms with Crippen LogP contribution in [0, 0.1) is 0 Å². The minimum atomic E-state index is 1.07. The zero-order valence-electron chi connectivity index (χ0n) is 38.5. The first-order chi connectivity index (χ1) is 34.7. The number of aromatic nitrogens is 1. The quantitative estimate of drug-likeness (QED) is 0.131. The van der Waals surface area contributed by atoms with Crippen molar-refractivity contribution in [3.63, 3.8) is 0 Å². The van der Waals surface area contributed by atoms with E-state index in [0.29, 0.717) is 0 Å². The number of para-hydroxylation sites is 3. The zero-order chi connectivity index (χ0) is 46.4. The maximum absolute atomic E-state index is 2.45. The van der Waals surface area contributed by atoms with Gasteiger partial charge in [-0.25, -0.2) is 0 Å². The molecule has 0 unspecified atom stereocenters. The number of nitrogens with zero attached hydrogens (tertiary/aromatic N) is 2. The molecule has 0 saturated carbocycles. The van der Waals surface area contributed by atoms with Crippen LogP contribution >= 0.6 is 0 Å². The van der Waals surface area contributed by atoms with Gasteiger partial charge in [-0.3, -0.25) is 0 Å². The van der Waals surface area contributed by atoms with E-state index in [-0.39, 0.29) is 0 Å². The van der Waals surface area contributed by atoms with Gasteiger partial charge in [0.15, 0.2) is 0 Å². The molecule has 0 aliphatic heterocycles. The largest absolute Gasteiger partial charge is 0.310 e. The molecule has 0 spiro atoms. The number of rotatable bonds is 9. The normalized spacial score (nSPS) is 11.4. The number of hydrogen-bond acceptors (Lipinski definition) is 1. The number of fused-ring (bicyclic) bond motifs is 6. The van der Waals surface area contributed by atoms with Crippen molar-refractivity contribution in [2.45, 2.75) is 0 Å². The van der Waals surface area contributed by atoms with Crippen molar-refractivity contribution in [1.82, 2.24) is 4.57 Å². The summed E-state index contributed by atoms with van der Waals surface area (Å²) in [6.07, 6.45) is 0. The molecule has 328 valence electrons. The summed E-state index contributed by atoms with van der Waals surface area (Å²) in [4.78, 5) is 2.45. The minimum absolute atomic E-state index is 1.07. The molecule has 0 radical (unpaired) electrons. The average molecular weight is 891 g/mol. The number of hydrogen-bond donors (Lipinski definition) is 0. The molecular weight excluding hydrogens is 845 g/mol. The van der Waals surface area contributed by atoms with Crippen LogP contribution in [0.2, 0.25) is 0 Å². The Morgan fingerprint density at radius 2 is 0.757 bits per heavy atom. The van der Waals surface area contributed by atoms with Gasteiger partial charge < -0.3 is 9.47 Å². The Hall–Kier alpha value is -9.24. The molecule has 0 saturated heterocycles. The van der Waals surface area contributed by atoms with E-state index in [1.165, 1.54) is 87.9 Å². The third-order valence-electron chi connectivity index (χ3n) is 14.0. The van der Waals surface area contributed by atoms with E-state index in [1.54, 1.807) is 0 Å². The Morgan fingerprint density at radius 3 is 1.53 bits per heavy atom. The van der Waals surface area contributed by atoms with E-state index in [2.05, 4.69) is 289 Å². The first-order valence-corrected chi connectivity index (χ1v) is 24.1. The van der Waals surface area contributed by atoms with Crippen molar-refractivity contribution >= 4 is 60.4 Å². The monoisotopic (exact) mass is 890 g/mol. The first-order valence-electron chi connectivity index (χ1n) is 24.1. The predicted molar refractivity (Wildman–Crippen MR) is 298 cm³/mol. The fourth-order valence-electron chi connectivity index (χ4n) is 10.8. The lowest BCUT2D eigenvalue weighted by Gasteiger charge is -2.29. The van der Waals surface area contributed by atoms with Crippen LogP contribution in [-0.4, -0.2) is 4.57 Å². The second kappa shape index (κ2) is 17.4. The van der Waals surface area contributed by atoms with Crippen molar-refractivity contribution in [3.8, 4) is 61.3 Å². The second-order valence-corrected chi connectivity index (χ2v) is 18.0. The highest BCUT2D eigenvalue weighted by Gasteiger charge is 2.22. The third kappa shape index (κ3) is 7.13. The Balaban J connectivity index is 0.987. The van der Waals surface area contributed by atoms with Gasteiger partial charge in [0.1, 0.15) is 0 Å². The summed E-state index contributed by atoms with van der Waals surface area (Å²) in [7, 11) is 0. The van der Waals surface area contributed by atoms with Gasteiger partial charge in [0.25, 0.3) is 0 Å². The van der Waals surface area contributed by atoms with E-state index < -0.39 is 0 Å². The Labute approximate surface area is 408 Å². The lowest BCUT2D eigenvalue weighted by Crippen LogP contribution is -2.11. The van der Waals surface area contributed by atoms with Crippen LogP contribution < -0.4 is 4.90 Å². The summed E-state index contributed by atoms with van der Waals surface area (Å²) >= 11 is 0. The Bertz CT molecular complexity index is 4050. The third-order valence-corrected chi connectivity index (χ3v) is 14.0. The number of anilines is 3. The summed E-state index contributed by atoms with van der Waals surface area (Å²) in [6, 6.07) is 102. The lowest BCUT2D eigenvalue weighted by atomic mass is 9.88. The van der Waals surface area contributed by atoms with Gasteiger partial charge in [0.2, 0.25) is 0 Å². The topological polar surface area (TPSA) is 8.17 Å². The molecule has 0 aliphatic rings. The molecule has 0 bridgehead atoms. The van der Waals surface area contributed by atoms with Crippen molar-refractivity contribution < 1.29 is 0 Å². The van der Waals surface area contributed by atoms with Crippen molar-refractivity contribution in [2.24, 2.45) is 0 Å². The fourth-order valence-corrected chi connectivity index (χ4v) is 10.8. The fraction of sp³-hybridized carbons (Fsp3) is 0. The van der Waals surface area contributed by atoms with Gasteiger partial charge in [-0.1, -0.05) is 212 Å². The highest BCUT2D eigenvalue weighted by atomic mass is 15.1. The molecule has 0 atom stereocenters. The van der Waals surface area contributed by atoms with Crippen LogP contribution in [0.3, 0.4) is 0 Å². The van der Waals surface area contributed by atoms with Gasteiger partial charge >= 0.3 is 0 Å². The molecule has 13 aromatic rings. The number of benzene rings is 12. The van der Waals surface area contributed by atoms with Gasteiger partial charge in [-0.05, 0) is 138 Å². The van der Waals surface area contributed by atoms with Gasteiger partial charge in [-0.15, -0.1) is 0 Å². The average Bonchev–Trinajstić information content (AvgIpc) is 3.77. The van der Waals surface area contributed by atoms with Gasteiger partial charge in [0.05, 0.1) is 16.7 Å². The highest BCUT2D eigenvalue weighted by Crippen LogP contribution is 2.47. The standard InChI is InChI=1S/C68H46N2/c1-3-20-47(21-4-1)55-27-9-10-29-57(55)59-31-12-13-32-60(59)62-34-15-17-36-66(62)69(53-41-38-48(39-42-53)64-46-51-22-7-8-28-56(51)58-30-11-14-33-61(58)64)54-26-19-23-49(44-54)50-40-43-68-65(45-50)63-35-16-18-37-67(63)70(68)52-24-5-2-6-25-52/h1-46H. The van der Waals surface area contributed by atoms with Crippen molar-refractivity contribution in [1.29, 1.82) is 0 Å². The minimum Gasteiger partial charge on any atom is -0.310 e. The molecule has 0 N–H and O–H groups in total. The van der Waals surface area contributed by atoms with Crippen LogP contribution in [0.4, 0.5) is 17.1 Å². The van der Waals surface area contributed by atoms with Crippen molar-refractivity contribution in [3.05, 3.63) is 279 Å². The predicted octanol–water partition coefficient (Wildman–Crippen LogP) is 18.9. The molecule has 0 amide bonds. The molecule has 2 nitrogen and oxygen atoms in total. The summed E-state index contributed by atoms with van der Waals surface area (Å²) in [6.45, 7) is 0. The molecular formula is C68H46N2. The van der Waals surface area contributed by atoms with Crippen LogP contribution in [-0.2, 0) is 0 Å². The molecule has 0 fully saturated rings. The molecule has 13 rings (SSSR count). The van der Waals surface area contributed by atoms with Crippen LogP contribution in [0.5, 0.6) is 0 Å². The summed E-state index contributed by atoms with van der Waals surface area (Å²) < 4.78 is 2.38. The summed E-state index contributed by atoms with van der Waals surface area (Å²) in [5.74, 6) is 0. The van der Waals surface area contributed by atoms with Crippen LogP contribution in [0.15, 0.2) is 279 Å². The smallest absolute Gasteiger partial charge is 0.0541 e. The summed E-state index contributed by atoms with van der Waals surface area (Å²) in [5.41, 5.74) is 18.6. The van der Waals surface area contributed by atoms with Crippen molar-refractivity contribution in [2.75, 3.05) is 4.90 Å². The van der Waals surface area contributed by atoms with E-state index in [1.807, 2.05) is 0 Å². The van der Waals surface area contributed by atoms with E-state index in [4.69, 9.17) is 0 Å². The zero-order valence-corrected chi connectivity index (χ0v) is 38.5. The molecule has 2 heteroatoms. The first kappa shape index (κ1) is 41.0. The van der Waals surface area contributed by atoms with Crippen LogP contribution in [0.1, 0.15) is 0 Å². The van der Waals surface area contributed by atoms with E-state index in [0.717, 1.165) is 33.9 Å². The maximum atomic E-state index is 2.45. The highest BCUT2D eigenvalue weighted by molar-refractivity contribution is 6.14. The molecule has 12 aromatic carbocycles.